The zero-order chi connectivity index (χ0) is 20.7. The van der Waals surface area contributed by atoms with Gasteiger partial charge in [-0.15, -0.1) is 0 Å². The number of hydrogen-bond acceptors (Lipinski definition) is 5. The molecule has 0 saturated carbocycles. The van der Waals surface area contributed by atoms with Gasteiger partial charge in [0.15, 0.2) is 5.03 Å². The molecule has 1 aromatic heterocycles. The van der Waals surface area contributed by atoms with Gasteiger partial charge in [-0.05, 0) is 31.4 Å². The second-order valence-electron chi connectivity index (χ2n) is 7.31. The van der Waals surface area contributed by atoms with Gasteiger partial charge in [0.1, 0.15) is 0 Å². The minimum Gasteiger partial charge on any atom is -0.356 e. The molecule has 0 radical (unpaired) electrons. The Balaban J connectivity index is 1.72. The van der Waals surface area contributed by atoms with Crippen LogP contribution in [-0.2, 0) is 21.9 Å². The van der Waals surface area contributed by atoms with E-state index in [1.54, 1.807) is 11.6 Å². The summed E-state index contributed by atoms with van der Waals surface area (Å²) in [5.41, 5.74) is 1.05. The Labute approximate surface area is 172 Å². The minimum atomic E-state index is -3.63. The van der Waals surface area contributed by atoms with E-state index in [4.69, 9.17) is 0 Å². The molecule has 1 atom stereocenters. The number of nitrogens with zero attached hydrogens (tertiary/aromatic N) is 3. The molecule has 2 aromatic rings. The lowest BCUT2D eigenvalue weighted by Gasteiger charge is -2.22. The molecule has 2 heterocycles. The molecule has 2 N–H and O–H groups in total. The fourth-order valence-corrected chi connectivity index (χ4v) is 4.91. The summed E-state index contributed by atoms with van der Waals surface area (Å²) in [6, 6.07) is 9.76. The lowest BCUT2D eigenvalue weighted by Crippen LogP contribution is -2.35. The van der Waals surface area contributed by atoms with Gasteiger partial charge in [-0.2, -0.15) is 4.31 Å². The van der Waals surface area contributed by atoms with Gasteiger partial charge in [0, 0.05) is 45.3 Å². The standard InChI is InChI=1S/C20H29N5O3S/c1-24-15-20(23-16-24)29(27,28)25-12-6-5-10-22-19(26)14-18(21-11-7-13-25)17-8-3-2-4-9-17/h2-4,8-9,15-16,18,21H,5-7,10-14H2,1H3,(H,22,26). The molecular weight excluding hydrogens is 390 g/mol. The Bertz CT molecular complexity index is 898. The van der Waals surface area contributed by atoms with Gasteiger partial charge >= 0.3 is 0 Å². The Hall–Kier alpha value is -2.23. The van der Waals surface area contributed by atoms with Gasteiger partial charge in [-0.3, -0.25) is 4.79 Å². The first-order chi connectivity index (χ1) is 14.0. The van der Waals surface area contributed by atoms with E-state index in [9.17, 15) is 13.2 Å². The number of benzene rings is 1. The Kier molecular flexibility index (Phi) is 7.40. The number of rotatable bonds is 3. The number of nitrogens with one attached hydrogen (secondary N) is 2. The van der Waals surface area contributed by atoms with Crippen LogP contribution in [-0.4, -0.2) is 54.4 Å². The third kappa shape index (κ3) is 5.88. The zero-order valence-corrected chi connectivity index (χ0v) is 17.6. The lowest BCUT2D eigenvalue weighted by molar-refractivity contribution is -0.121. The summed E-state index contributed by atoms with van der Waals surface area (Å²) in [5, 5.41) is 6.44. The first-order valence-corrected chi connectivity index (χ1v) is 11.4. The number of amides is 1. The molecule has 158 valence electrons. The second kappa shape index (κ2) is 10.00. The SMILES string of the molecule is Cn1cnc(S(=O)(=O)N2CCCCNC(=O)CC(c3ccccc3)NCCC2)c1. The highest BCUT2D eigenvalue weighted by Gasteiger charge is 2.26. The molecule has 1 amide bonds. The topological polar surface area (TPSA) is 96.3 Å². The minimum absolute atomic E-state index is 0.00330. The molecular formula is C20H29N5O3S. The van der Waals surface area contributed by atoms with Gasteiger partial charge in [-0.1, -0.05) is 30.3 Å². The average molecular weight is 420 g/mol. The zero-order valence-electron chi connectivity index (χ0n) is 16.8. The Morgan fingerprint density at radius 3 is 2.55 bits per heavy atom. The summed E-state index contributed by atoms with van der Waals surface area (Å²) in [5.74, 6) is 0.00330. The van der Waals surface area contributed by atoms with E-state index in [0.29, 0.717) is 45.4 Å². The van der Waals surface area contributed by atoms with Crippen molar-refractivity contribution in [1.29, 1.82) is 0 Å². The van der Waals surface area contributed by atoms with Crippen molar-refractivity contribution in [2.45, 2.75) is 36.8 Å². The summed E-state index contributed by atoms with van der Waals surface area (Å²) in [4.78, 5) is 16.3. The first-order valence-electron chi connectivity index (χ1n) is 10.00. The fourth-order valence-electron chi connectivity index (χ4n) is 3.43. The Morgan fingerprint density at radius 2 is 1.83 bits per heavy atom. The normalized spacial score (nSPS) is 20.9. The number of aryl methyl sites for hydroxylation is 1. The molecule has 29 heavy (non-hydrogen) atoms. The third-order valence-corrected chi connectivity index (χ3v) is 6.79. The summed E-state index contributed by atoms with van der Waals surface area (Å²) in [6.07, 6.45) is 5.44. The number of carbonyl (C=O) groups is 1. The number of sulfonamides is 1. The molecule has 3 rings (SSSR count). The third-order valence-electron chi connectivity index (χ3n) is 5.01. The molecule has 1 aliphatic rings. The first kappa shape index (κ1) is 21.5. The van der Waals surface area contributed by atoms with Crippen LogP contribution in [0.2, 0.25) is 0 Å². The van der Waals surface area contributed by atoms with Crippen molar-refractivity contribution in [3.05, 3.63) is 48.4 Å². The van der Waals surface area contributed by atoms with Crippen LogP contribution in [0.15, 0.2) is 47.9 Å². The molecule has 1 saturated heterocycles. The van der Waals surface area contributed by atoms with E-state index in [1.165, 1.54) is 16.8 Å². The van der Waals surface area contributed by atoms with Crippen molar-refractivity contribution in [1.82, 2.24) is 24.5 Å². The monoisotopic (exact) mass is 419 g/mol. The van der Waals surface area contributed by atoms with Crippen LogP contribution in [0.4, 0.5) is 0 Å². The van der Waals surface area contributed by atoms with Gasteiger partial charge in [0.25, 0.3) is 10.0 Å². The molecule has 0 aliphatic carbocycles. The maximum atomic E-state index is 13.0. The number of imidazole rings is 1. The van der Waals surface area contributed by atoms with Gasteiger partial charge in [0.05, 0.1) is 6.33 Å². The van der Waals surface area contributed by atoms with Gasteiger partial charge < -0.3 is 15.2 Å². The highest BCUT2D eigenvalue weighted by molar-refractivity contribution is 7.89. The maximum Gasteiger partial charge on any atom is 0.262 e. The largest absolute Gasteiger partial charge is 0.356 e. The van der Waals surface area contributed by atoms with Gasteiger partial charge in [-0.25, -0.2) is 13.4 Å². The number of hydrogen-bond donors (Lipinski definition) is 2. The van der Waals surface area contributed by atoms with Crippen LogP contribution in [0, 0.1) is 0 Å². The van der Waals surface area contributed by atoms with Crippen molar-refractivity contribution in [3.8, 4) is 0 Å². The molecule has 1 aromatic carbocycles. The van der Waals surface area contributed by atoms with Gasteiger partial charge in [0.2, 0.25) is 5.91 Å². The van der Waals surface area contributed by atoms with E-state index in [2.05, 4.69) is 15.6 Å². The van der Waals surface area contributed by atoms with E-state index < -0.39 is 10.0 Å². The van der Waals surface area contributed by atoms with E-state index >= 15 is 0 Å². The van der Waals surface area contributed by atoms with Crippen LogP contribution < -0.4 is 10.6 Å². The van der Waals surface area contributed by atoms with Crippen LogP contribution in [0.3, 0.4) is 0 Å². The quantitative estimate of drug-likeness (QED) is 0.785. The van der Waals surface area contributed by atoms with Crippen molar-refractivity contribution in [2.75, 3.05) is 26.2 Å². The molecule has 9 heteroatoms. The predicted molar refractivity (Wildman–Crippen MR) is 111 cm³/mol. The van der Waals surface area contributed by atoms with Crippen molar-refractivity contribution < 1.29 is 13.2 Å². The van der Waals surface area contributed by atoms with Crippen LogP contribution in [0.5, 0.6) is 0 Å². The van der Waals surface area contributed by atoms with Crippen LogP contribution in [0.25, 0.3) is 0 Å². The van der Waals surface area contributed by atoms with Crippen LogP contribution in [0.1, 0.15) is 37.3 Å². The highest BCUT2D eigenvalue weighted by Crippen LogP contribution is 2.18. The van der Waals surface area contributed by atoms with Crippen molar-refractivity contribution in [2.24, 2.45) is 7.05 Å². The van der Waals surface area contributed by atoms with Crippen LogP contribution >= 0.6 is 0 Å². The molecule has 1 aliphatic heterocycles. The fraction of sp³-hybridized carbons (Fsp3) is 0.500. The highest BCUT2D eigenvalue weighted by atomic mass is 32.2. The van der Waals surface area contributed by atoms with Crippen molar-refractivity contribution >= 4 is 15.9 Å². The molecule has 1 fully saturated rings. The summed E-state index contributed by atoms with van der Waals surface area (Å²) in [7, 11) is -1.88. The van der Waals surface area contributed by atoms with E-state index in [-0.39, 0.29) is 17.0 Å². The molecule has 8 nitrogen and oxygen atoms in total. The number of carbonyl (C=O) groups excluding carboxylic acids is 1. The Morgan fingerprint density at radius 1 is 1.07 bits per heavy atom. The second-order valence-corrected chi connectivity index (χ2v) is 9.20. The predicted octanol–water partition coefficient (Wildman–Crippen LogP) is 1.43. The van der Waals surface area contributed by atoms with E-state index in [1.807, 2.05) is 30.3 Å². The molecule has 0 bridgehead atoms. The smallest absolute Gasteiger partial charge is 0.262 e. The molecule has 0 spiro atoms. The summed E-state index contributed by atoms with van der Waals surface area (Å²) >= 11 is 0. The summed E-state index contributed by atoms with van der Waals surface area (Å²) < 4.78 is 29.1. The lowest BCUT2D eigenvalue weighted by atomic mass is 10.0. The number of aromatic nitrogens is 2. The summed E-state index contributed by atoms with van der Waals surface area (Å²) in [6.45, 7) is 1.98. The van der Waals surface area contributed by atoms with E-state index in [0.717, 1.165) is 12.0 Å². The average Bonchev–Trinajstić information content (AvgIpc) is 3.16. The maximum absolute atomic E-state index is 13.0. The molecule has 1 unspecified atom stereocenters. The van der Waals surface area contributed by atoms with Crippen molar-refractivity contribution in [3.63, 3.8) is 0 Å².